The van der Waals surface area contributed by atoms with E-state index in [0.717, 1.165) is 19.4 Å². The zero-order chi connectivity index (χ0) is 15.2. The Balaban J connectivity index is 1.59. The van der Waals surface area contributed by atoms with Gasteiger partial charge in [-0.25, -0.2) is 0 Å². The van der Waals surface area contributed by atoms with Crippen molar-refractivity contribution >= 4 is 11.6 Å². The van der Waals surface area contributed by atoms with Crippen molar-refractivity contribution < 1.29 is 14.3 Å². The lowest BCUT2D eigenvalue weighted by Crippen LogP contribution is -2.16. The molecule has 0 bridgehead atoms. The summed E-state index contributed by atoms with van der Waals surface area (Å²) in [7, 11) is 0. The fourth-order valence-electron chi connectivity index (χ4n) is 2.32. The van der Waals surface area contributed by atoms with E-state index < -0.39 is 0 Å². The highest BCUT2D eigenvalue weighted by atomic mass is 16.5. The summed E-state index contributed by atoms with van der Waals surface area (Å²) in [5.74, 6) is 0.478. The number of carbonyl (C=O) groups excluding carboxylic acids is 1. The number of rotatable bonds is 5. The van der Waals surface area contributed by atoms with Crippen molar-refractivity contribution in [1.82, 2.24) is 4.98 Å². The number of aromatic nitrogens is 1. The summed E-state index contributed by atoms with van der Waals surface area (Å²) in [6.07, 6.45) is 3.90. The van der Waals surface area contributed by atoms with E-state index in [0.29, 0.717) is 23.7 Å². The minimum absolute atomic E-state index is 0.173. The van der Waals surface area contributed by atoms with Crippen LogP contribution in [0.1, 0.15) is 23.3 Å². The molecule has 2 aromatic rings. The second-order valence-corrected chi connectivity index (χ2v) is 5.14. The molecule has 1 aromatic carbocycles. The van der Waals surface area contributed by atoms with E-state index in [1.807, 2.05) is 18.2 Å². The maximum Gasteiger partial charge on any atom is 0.274 e. The van der Waals surface area contributed by atoms with Crippen molar-refractivity contribution in [1.29, 1.82) is 0 Å². The number of nitrogens with one attached hydrogen (secondary N) is 1. The molecule has 114 valence electrons. The first-order chi connectivity index (χ1) is 10.8. The molecule has 1 aliphatic heterocycles. The first kappa shape index (κ1) is 14.5. The van der Waals surface area contributed by atoms with E-state index in [4.69, 9.17) is 9.47 Å². The number of hydrogen-bond donors (Lipinski definition) is 1. The van der Waals surface area contributed by atoms with Crippen LogP contribution >= 0.6 is 0 Å². The van der Waals surface area contributed by atoms with E-state index in [-0.39, 0.29) is 12.0 Å². The van der Waals surface area contributed by atoms with Gasteiger partial charge in [-0.2, -0.15) is 0 Å². The summed E-state index contributed by atoms with van der Waals surface area (Å²) in [5, 5.41) is 2.81. The van der Waals surface area contributed by atoms with Gasteiger partial charge in [0, 0.05) is 24.6 Å². The monoisotopic (exact) mass is 298 g/mol. The summed E-state index contributed by atoms with van der Waals surface area (Å²) < 4.78 is 11.3. The number of carbonyl (C=O) groups is 1. The lowest BCUT2D eigenvalue weighted by Gasteiger charge is -2.12. The molecule has 0 unspecified atom stereocenters. The third-order valence-corrected chi connectivity index (χ3v) is 3.45. The van der Waals surface area contributed by atoms with Crippen molar-refractivity contribution in [2.75, 3.05) is 18.5 Å². The maximum atomic E-state index is 12.1. The summed E-state index contributed by atoms with van der Waals surface area (Å²) in [4.78, 5) is 16.1. The normalized spacial score (nSPS) is 17.2. The lowest BCUT2D eigenvalue weighted by atomic mass is 10.2. The van der Waals surface area contributed by atoms with Gasteiger partial charge in [0.1, 0.15) is 18.1 Å². The Labute approximate surface area is 129 Å². The average Bonchev–Trinajstić information content (AvgIpc) is 3.08. The van der Waals surface area contributed by atoms with Gasteiger partial charge >= 0.3 is 0 Å². The van der Waals surface area contributed by atoms with Gasteiger partial charge in [-0.3, -0.25) is 9.78 Å². The quantitative estimate of drug-likeness (QED) is 0.922. The van der Waals surface area contributed by atoms with Crippen LogP contribution in [0.3, 0.4) is 0 Å². The van der Waals surface area contributed by atoms with Gasteiger partial charge in [0.15, 0.2) is 0 Å². The maximum absolute atomic E-state index is 12.1. The summed E-state index contributed by atoms with van der Waals surface area (Å²) >= 11 is 0. The van der Waals surface area contributed by atoms with Gasteiger partial charge < -0.3 is 14.8 Å². The van der Waals surface area contributed by atoms with Crippen molar-refractivity contribution in [3.05, 3.63) is 54.4 Å². The van der Waals surface area contributed by atoms with Crippen molar-refractivity contribution in [3.8, 4) is 5.75 Å². The van der Waals surface area contributed by atoms with Gasteiger partial charge in [0.05, 0.1) is 6.10 Å². The van der Waals surface area contributed by atoms with Crippen LogP contribution in [0.2, 0.25) is 0 Å². The van der Waals surface area contributed by atoms with Crippen LogP contribution in [0, 0.1) is 0 Å². The fourth-order valence-corrected chi connectivity index (χ4v) is 2.32. The topological polar surface area (TPSA) is 60.5 Å². The Morgan fingerprint density at radius 2 is 2.27 bits per heavy atom. The molecular formula is C17H18N2O3. The van der Waals surface area contributed by atoms with Crippen molar-refractivity contribution in [2.45, 2.75) is 18.9 Å². The number of amides is 1. The Bertz CT molecular complexity index is 625. The molecule has 1 saturated heterocycles. The Hall–Kier alpha value is -2.40. The minimum Gasteiger partial charge on any atom is -0.491 e. The van der Waals surface area contributed by atoms with Crippen molar-refractivity contribution in [3.63, 3.8) is 0 Å². The van der Waals surface area contributed by atoms with Gasteiger partial charge in [-0.05, 0) is 37.1 Å². The Morgan fingerprint density at radius 1 is 1.32 bits per heavy atom. The Kier molecular flexibility index (Phi) is 4.65. The molecule has 0 saturated carbocycles. The van der Waals surface area contributed by atoms with E-state index in [2.05, 4.69) is 10.3 Å². The van der Waals surface area contributed by atoms with E-state index >= 15 is 0 Å². The number of ether oxygens (including phenoxy) is 2. The van der Waals surface area contributed by atoms with Crippen LogP contribution in [-0.2, 0) is 4.74 Å². The lowest BCUT2D eigenvalue weighted by molar-refractivity contribution is 0.0680. The van der Waals surface area contributed by atoms with Crippen molar-refractivity contribution in [2.24, 2.45) is 0 Å². The molecule has 0 radical (unpaired) electrons. The van der Waals surface area contributed by atoms with Crippen LogP contribution in [0.25, 0.3) is 0 Å². The number of nitrogens with zero attached hydrogens (tertiary/aromatic N) is 1. The minimum atomic E-state index is -0.239. The zero-order valence-corrected chi connectivity index (χ0v) is 12.2. The van der Waals surface area contributed by atoms with Crippen LogP contribution in [0.5, 0.6) is 5.75 Å². The molecule has 2 heterocycles. The Morgan fingerprint density at radius 3 is 3.05 bits per heavy atom. The van der Waals surface area contributed by atoms with Gasteiger partial charge in [0.2, 0.25) is 0 Å². The molecular weight excluding hydrogens is 280 g/mol. The molecule has 1 N–H and O–H groups in total. The molecule has 1 aliphatic rings. The van der Waals surface area contributed by atoms with Crippen LogP contribution in [-0.4, -0.2) is 30.2 Å². The standard InChI is InChI=1S/C17H18N2O3/c20-17(16-8-1-2-9-18-16)19-13-5-3-6-14(11-13)22-12-15-7-4-10-21-15/h1-3,5-6,8-9,11,15H,4,7,10,12H2,(H,19,20)/t15-/m0/s1. The molecule has 22 heavy (non-hydrogen) atoms. The van der Waals surface area contributed by atoms with Gasteiger partial charge in [-0.1, -0.05) is 12.1 Å². The average molecular weight is 298 g/mol. The second kappa shape index (κ2) is 7.04. The van der Waals surface area contributed by atoms with Gasteiger partial charge in [-0.15, -0.1) is 0 Å². The number of pyridine rings is 1. The van der Waals surface area contributed by atoms with Crippen LogP contribution in [0.15, 0.2) is 48.7 Å². The summed E-state index contributed by atoms with van der Waals surface area (Å²) in [5.41, 5.74) is 1.06. The largest absolute Gasteiger partial charge is 0.491 e. The van der Waals surface area contributed by atoms with Crippen LogP contribution in [0.4, 0.5) is 5.69 Å². The first-order valence-corrected chi connectivity index (χ1v) is 7.38. The third-order valence-electron chi connectivity index (χ3n) is 3.45. The highest BCUT2D eigenvalue weighted by molar-refractivity contribution is 6.02. The SMILES string of the molecule is O=C(Nc1cccc(OC[C@@H]2CCCO2)c1)c1ccccn1. The highest BCUT2D eigenvalue weighted by Crippen LogP contribution is 2.20. The van der Waals surface area contributed by atoms with E-state index in [1.165, 1.54) is 0 Å². The molecule has 0 aliphatic carbocycles. The predicted molar refractivity (Wildman–Crippen MR) is 83.1 cm³/mol. The first-order valence-electron chi connectivity index (χ1n) is 7.38. The third kappa shape index (κ3) is 3.83. The molecule has 1 aromatic heterocycles. The van der Waals surface area contributed by atoms with E-state index in [9.17, 15) is 4.79 Å². The molecule has 5 heteroatoms. The van der Waals surface area contributed by atoms with Gasteiger partial charge in [0.25, 0.3) is 5.91 Å². The molecule has 5 nitrogen and oxygen atoms in total. The second-order valence-electron chi connectivity index (χ2n) is 5.14. The molecule has 0 spiro atoms. The summed E-state index contributed by atoms with van der Waals surface area (Å²) in [6, 6.07) is 12.6. The summed E-state index contributed by atoms with van der Waals surface area (Å²) in [6.45, 7) is 1.35. The fraction of sp³-hybridized carbons (Fsp3) is 0.294. The number of benzene rings is 1. The van der Waals surface area contributed by atoms with E-state index in [1.54, 1.807) is 30.5 Å². The number of anilines is 1. The molecule has 1 atom stereocenters. The van der Waals surface area contributed by atoms with Crippen LogP contribution < -0.4 is 10.1 Å². The smallest absolute Gasteiger partial charge is 0.274 e. The zero-order valence-electron chi connectivity index (χ0n) is 12.2. The molecule has 1 amide bonds. The number of hydrogen-bond acceptors (Lipinski definition) is 4. The predicted octanol–water partition coefficient (Wildman–Crippen LogP) is 2.89. The highest BCUT2D eigenvalue weighted by Gasteiger charge is 2.16. The molecule has 3 rings (SSSR count). The molecule has 1 fully saturated rings.